The number of hydrazone groups is 1. The predicted octanol–water partition coefficient (Wildman–Crippen LogP) is -0.692. The van der Waals surface area contributed by atoms with Crippen LogP contribution in [0.2, 0.25) is 0 Å². The van der Waals surface area contributed by atoms with E-state index in [0.29, 0.717) is 5.11 Å². The minimum absolute atomic E-state index is 0.0536. The Morgan fingerprint density at radius 2 is 2.09 bits per heavy atom. The molecule has 0 aliphatic carbocycles. The molecule has 3 N–H and O–H groups in total. The summed E-state index contributed by atoms with van der Waals surface area (Å²) in [6.07, 6.45) is 1.56. The Labute approximate surface area is 139 Å². The van der Waals surface area contributed by atoms with Crippen molar-refractivity contribution in [3.8, 4) is 0 Å². The van der Waals surface area contributed by atoms with Crippen molar-refractivity contribution in [1.29, 1.82) is 0 Å². The van der Waals surface area contributed by atoms with Crippen molar-refractivity contribution in [2.24, 2.45) is 5.10 Å². The molecule has 8 nitrogen and oxygen atoms in total. The van der Waals surface area contributed by atoms with Crippen LogP contribution < -0.4 is 15.6 Å². The monoisotopic (exact) mass is 338 g/mol. The molecule has 0 aromatic heterocycles. The van der Waals surface area contributed by atoms with Crippen LogP contribution in [0.3, 0.4) is 0 Å². The molecule has 0 radical (unpaired) electrons. The molecule has 0 amide bonds. The largest absolute Gasteiger partial charge is 0.370 e. The molecule has 23 heavy (non-hydrogen) atoms. The number of nitro benzene ring substituents is 1. The number of benzene rings is 1. The smallest absolute Gasteiger partial charge is 0.269 e. The number of hydrogen-bond acceptors (Lipinski definition) is 5. The summed E-state index contributed by atoms with van der Waals surface area (Å²) in [4.78, 5) is 11.6. The van der Waals surface area contributed by atoms with E-state index in [1.807, 2.05) is 0 Å². The van der Waals surface area contributed by atoms with Gasteiger partial charge in [-0.1, -0.05) is 0 Å². The van der Waals surface area contributed by atoms with E-state index >= 15 is 0 Å². The lowest BCUT2D eigenvalue weighted by atomic mass is 10.2. The average molecular weight is 338 g/mol. The van der Waals surface area contributed by atoms with Gasteiger partial charge in [0, 0.05) is 12.1 Å². The Morgan fingerprint density at radius 3 is 2.74 bits per heavy atom. The number of nitrogens with one attached hydrogen (secondary N) is 3. The zero-order chi connectivity index (χ0) is 16.5. The number of nitro groups is 1. The van der Waals surface area contributed by atoms with E-state index in [9.17, 15) is 10.1 Å². The minimum Gasteiger partial charge on any atom is -0.370 e. The number of nitrogens with zero attached hydrogens (tertiary/aromatic N) is 2. The second-order valence-electron chi connectivity index (χ2n) is 5.09. The second kappa shape index (κ2) is 9.13. The third-order valence-electron chi connectivity index (χ3n) is 3.45. The zero-order valence-electron chi connectivity index (χ0n) is 12.7. The van der Waals surface area contributed by atoms with Crippen LogP contribution in [0.15, 0.2) is 29.4 Å². The fourth-order valence-electron chi connectivity index (χ4n) is 2.15. The van der Waals surface area contributed by atoms with Gasteiger partial charge in [-0.25, -0.2) is 0 Å². The fourth-order valence-corrected chi connectivity index (χ4v) is 2.30. The number of rotatable bonds is 6. The van der Waals surface area contributed by atoms with E-state index in [1.54, 1.807) is 18.3 Å². The third-order valence-corrected chi connectivity index (χ3v) is 3.68. The average Bonchev–Trinajstić information content (AvgIpc) is 2.56. The summed E-state index contributed by atoms with van der Waals surface area (Å²) in [5.74, 6) is 0. The highest BCUT2D eigenvalue weighted by Crippen LogP contribution is 2.10. The van der Waals surface area contributed by atoms with Crippen molar-refractivity contribution in [3.05, 3.63) is 39.9 Å². The van der Waals surface area contributed by atoms with Crippen molar-refractivity contribution in [1.82, 2.24) is 10.7 Å². The summed E-state index contributed by atoms with van der Waals surface area (Å²) in [5, 5.41) is 18.1. The molecule has 124 valence electrons. The fraction of sp³-hybridized carbons (Fsp3) is 0.429. The van der Waals surface area contributed by atoms with Gasteiger partial charge in [0.1, 0.15) is 13.1 Å². The molecule has 0 atom stereocenters. The Morgan fingerprint density at radius 1 is 1.39 bits per heavy atom. The Kier molecular flexibility index (Phi) is 6.85. The van der Waals surface area contributed by atoms with Gasteiger partial charge in [-0.3, -0.25) is 15.5 Å². The van der Waals surface area contributed by atoms with Crippen molar-refractivity contribution in [2.75, 3.05) is 39.4 Å². The molecule has 1 aliphatic heterocycles. The minimum atomic E-state index is -0.436. The number of hydrogen-bond donors (Lipinski definition) is 3. The van der Waals surface area contributed by atoms with Crippen LogP contribution in [0.5, 0.6) is 0 Å². The van der Waals surface area contributed by atoms with Crippen LogP contribution in [0.25, 0.3) is 0 Å². The van der Waals surface area contributed by atoms with Gasteiger partial charge < -0.3 is 15.0 Å². The molecule has 1 aromatic rings. The van der Waals surface area contributed by atoms with E-state index in [0.717, 1.165) is 45.0 Å². The summed E-state index contributed by atoms with van der Waals surface area (Å²) in [6, 6.07) is 6.12. The van der Waals surface area contributed by atoms with E-state index in [4.69, 9.17) is 17.0 Å². The molecule has 1 heterocycles. The maximum absolute atomic E-state index is 10.6. The van der Waals surface area contributed by atoms with Gasteiger partial charge >= 0.3 is 0 Å². The SMILES string of the molecule is O=[N+]([O-])c1ccc(/C=N\NC(=S)NCC[NH+]2CCOCC2)cc1. The summed E-state index contributed by atoms with van der Waals surface area (Å²) < 4.78 is 5.31. The third kappa shape index (κ3) is 6.27. The van der Waals surface area contributed by atoms with Gasteiger partial charge in [-0.15, -0.1) is 0 Å². The highest BCUT2D eigenvalue weighted by Gasteiger charge is 2.12. The number of ether oxygens (including phenoxy) is 1. The van der Waals surface area contributed by atoms with Gasteiger partial charge in [0.2, 0.25) is 0 Å². The van der Waals surface area contributed by atoms with Crippen LogP contribution in [0.4, 0.5) is 5.69 Å². The van der Waals surface area contributed by atoms with Gasteiger partial charge in [-0.2, -0.15) is 5.10 Å². The van der Waals surface area contributed by atoms with Gasteiger partial charge in [0.05, 0.1) is 37.4 Å². The lowest BCUT2D eigenvalue weighted by Gasteiger charge is -2.23. The topological polar surface area (TPSA) is 93.2 Å². The highest BCUT2D eigenvalue weighted by molar-refractivity contribution is 7.80. The number of morpholine rings is 1. The molecule has 0 spiro atoms. The molecular formula is C14H20N5O3S+. The van der Waals surface area contributed by atoms with Crippen LogP contribution in [0, 0.1) is 10.1 Å². The van der Waals surface area contributed by atoms with Gasteiger partial charge in [0.25, 0.3) is 5.69 Å². The van der Waals surface area contributed by atoms with Crippen molar-refractivity contribution in [2.45, 2.75) is 0 Å². The molecule has 0 saturated carbocycles. The Bertz CT molecular complexity index is 558. The normalized spacial score (nSPS) is 15.5. The maximum Gasteiger partial charge on any atom is 0.269 e. The lowest BCUT2D eigenvalue weighted by molar-refractivity contribution is -0.906. The van der Waals surface area contributed by atoms with Gasteiger partial charge in [0.15, 0.2) is 5.11 Å². The molecule has 1 saturated heterocycles. The molecular weight excluding hydrogens is 318 g/mol. The first-order valence-corrected chi connectivity index (χ1v) is 7.78. The molecule has 1 fully saturated rings. The maximum atomic E-state index is 10.6. The quantitative estimate of drug-likeness (QED) is 0.275. The summed E-state index contributed by atoms with van der Waals surface area (Å²) in [5.41, 5.74) is 3.54. The van der Waals surface area contributed by atoms with E-state index < -0.39 is 4.92 Å². The van der Waals surface area contributed by atoms with E-state index in [2.05, 4.69) is 15.8 Å². The van der Waals surface area contributed by atoms with Gasteiger partial charge in [-0.05, 0) is 29.9 Å². The zero-order valence-corrected chi connectivity index (χ0v) is 13.5. The molecule has 9 heteroatoms. The summed E-state index contributed by atoms with van der Waals surface area (Å²) >= 11 is 5.13. The highest BCUT2D eigenvalue weighted by atomic mass is 32.1. The number of non-ortho nitro benzene ring substituents is 1. The summed E-state index contributed by atoms with van der Waals surface area (Å²) in [6.45, 7) is 5.45. The molecule has 2 rings (SSSR count). The van der Waals surface area contributed by atoms with Crippen LogP contribution in [-0.4, -0.2) is 55.6 Å². The van der Waals surface area contributed by atoms with E-state index in [-0.39, 0.29) is 5.69 Å². The van der Waals surface area contributed by atoms with Crippen LogP contribution >= 0.6 is 12.2 Å². The molecule has 1 aromatic carbocycles. The summed E-state index contributed by atoms with van der Waals surface area (Å²) in [7, 11) is 0. The molecule has 0 bridgehead atoms. The second-order valence-corrected chi connectivity index (χ2v) is 5.50. The Hall–Kier alpha value is -2.10. The molecule has 0 unspecified atom stereocenters. The first-order valence-electron chi connectivity index (χ1n) is 7.38. The molecule has 1 aliphatic rings. The lowest BCUT2D eigenvalue weighted by Crippen LogP contribution is -3.14. The first-order chi connectivity index (χ1) is 11.1. The van der Waals surface area contributed by atoms with Crippen molar-refractivity contribution < 1.29 is 14.6 Å². The first kappa shape index (κ1) is 17.3. The number of quaternary nitrogens is 1. The standard InChI is InChI=1S/C14H19N5O3S/c20-19(21)13-3-1-12(2-4-13)11-16-17-14(23)15-5-6-18-7-9-22-10-8-18/h1-4,11H,5-10H2,(H2,15,17,23)/p+1/b16-11-. The van der Waals surface area contributed by atoms with Crippen molar-refractivity contribution in [3.63, 3.8) is 0 Å². The van der Waals surface area contributed by atoms with Crippen molar-refractivity contribution >= 4 is 29.2 Å². The predicted molar refractivity (Wildman–Crippen MR) is 90.8 cm³/mol. The Balaban J connectivity index is 1.65. The number of thiocarbonyl (C=S) groups is 1. The van der Waals surface area contributed by atoms with Crippen LogP contribution in [0.1, 0.15) is 5.56 Å². The van der Waals surface area contributed by atoms with Crippen LogP contribution in [-0.2, 0) is 4.74 Å². The van der Waals surface area contributed by atoms with E-state index in [1.165, 1.54) is 17.0 Å².